The first-order valence-corrected chi connectivity index (χ1v) is 10.1. The predicted octanol–water partition coefficient (Wildman–Crippen LogP) is 1.64. The van der Waals surface area contributed by atoms with Gasteiger partial charge in [0.15, 0.2) is 5.82 Å². The molecule has 2 saturated heterocycles. The molecule has 1 aromatic heterocycles. The van der Waals surface area contributed by atoms with Crippen molar-refractivity contribution in [3.8, 4) is 0 Å². The van der Waals surface area contributed by atoms with Crippen LogP contribution in [0, 0.1) is 11.3 Å². The summed E-state index contributed by atoms with van der Waals surface area (Å²) in [6.45, 7) is 6.37. The molecular formula is C19H30N6O. The Balaban J connectivity index is 1.26. The lowest BCUT2D eigenvalue weighted by Crippen LogP contribution is -2.57. The average molecular weight is 358 g/mol. The molecule has 2 N–H and O–H groups in total. The van der Waals surface area contributed by atoms with Gasteiger partial charge in [-0.2, -0.15) is 4.98 Å². The SMILES string of the molecule is CC(c1nc(C2CNCC23CN(C)C3)no1)N1C=CC(C2CCCC2)N1. The molecule has 3 fully saturated rings. The van der Waals surface area contributed by atoms with Gasteiger partial charge >= 0.3 is 0 Å². The van der Waals surface area contributed by atoms with Crippen molar-refractivity contribution < 1.29 is 4.52 Å². The van der Waals surface area contributed by atoms with Gasteiger partial charge in [-0.1, -0.05) is 18.0 Å². The molecule has 1 aliphatic carbocycles. The first kappa shape index (κ1) is 16.7. The van der Waals surface area contributed by atoms with Gasteiger partial charge in [0, 0.05) is 49.8 Å². The van der Waals surface area contributed by atoms with E-state index in [4.69, 9.17) is 9.51 Å². The number of rotatable bonds is 4. The summed E-state index contributed by atoms with van der Waals surface area (Å²) in [4.78, 5) is 7.18. The van der Waals surface area contributed by atoms with Gasteiger partial charge in [-0.15, -0.1) is 0 Å². The highest BCUT2D eigenvalue weighted by atomic mass is 16.5. The Labute approximate surface area is 155 Å². The Morgan fingerprint density at radius 3 is 2.88 bits per heavy atom. The summed E-state index contributed by atoms with van der Waals surface area (Å²) in [5.41, 5.74) is 3.92. The standard InChI is InChI=1S/C19H30N6O/c1-13(25-8-7-16(22-25)14-5-3-4-6-14)18-21-17(23-26-18)15-9-20-10-19(15)11-24(2)12-19/h7-8,13-16,20,22H,3-6,9-12H2,1-2H3. The van der Waals surface area contributed by atoms with Crippen molar-refractivity contribution in [1.29, 1.82) is 0 Å². The molecule has 1 spiro atoms. The molecule has 3 atom stereocenters. The Kier molecular flexibility index (Phi) is 4.06. The second kappa shape index (κ2) is 6.32. The molecule has 0 amide bonds. The van der Waals surface area contributed by atoms with Gasteiger partial charge in [-0.25, -0.2) is 5.43 Å². The molecule has 1 saturated carbocycles. The fourth-order valence-electron chi connectivity index (χ4n) is 5.47. The third-order valence-corrected chi connectivity index (χ3v) is 6.94. The number of aromatic nitrogens is 2. The minimum Gasteiger partial charge on any atom is -0.337 e. The summed E-state index contributed by atoms with van der Waals surface area (Å²) in [5.74, 6) is 2.71. The zero-order valence-electron chi connectivity index (χ0n) is 15.8. The topological polar surface area (TPSA) is 69.5 Å². The third kappa shape index (κ3) is 2.68. The largest absolute Gasteiger partial charge is 0.337 e. The van der Waals surface area contributed by atoms with Crippen LogP contribution < -0.4 is 10.7 Å². The number of likely N-dealkylation sites (tertiary alicyclic amines) is 1. The van der Waals surface area contributed by atoms with Crippen LogP contribution in [0.4, 0.5) is 0 Å². The summed E-state index contributed by atoms with van der Waals surface area (Å²) in [5, 5.41) is 10.0. The molecule has 5 rings (SSSR count). The van der Waals surface area contributed by atoms with E-state index < -0.39 is 0 Å². The maximum atomic E-state index is 5.68. The summed E-state index contributed by atoms with van der Waals surface area (Å²) in [6.07, 6.45) is 9.85. The van der Waals surface area contributed by atoms with E-state index in [1.165, 1.54) is 25.7 Å². The quantitative estimate of drug-likeness (QED) is 0.848. The molecular weight excluding hydrogens is 328 g/mol. The monoisotopic (exact) mass is 358 g/mol. The molecule has 7 heteroatoms. The van der Waals surface area contributed by atoms with Crippen molar-refractivity contribution in [2.24, 2.45) is 11.3 Å². The highest BCUT2D eigenvalue weighted by Gasteiger charge is 2.52. The molecule has 1 aromatic rings. The fraction of sp³-hybridized carbons (Fsp3) is 0.789. The van der Waals surface area contributed by atoms with E-state index in [2.05, 4.69) is 52.1 Å². The van der Waals surface area contributed by atoms with E-state index in [1.807, 2.05) is 0 Å². The number of nitrogens with zero attached hydrogens (tertiary/aromatic N) is 4. The molecule has 0 aromatic carbocycles. The Morgan fingerprint density at radius 2 is 2.12 bits per heavy atom. The third-order valence-electron chi connectivity index (χ3n) is 6.94. The van der Waals surface area contributed by atoms with Crippen molar-refractivity contribution in [2.45, 2.75) is 50.6 Å². The van der Waals surface area contributed by atoms with Crippen molar-refractivity contribution in [3.63, 3.8) is 0 Å². The predicted molar refractivity (Wildman–Crippen MR) is 98.1 cm³/mol. The van der Waals surface area contributed by atoms with Gasteiger partial charge in [-0.05, 0) is 38.8 Å². The van der Waals surface area contributed by atoms with Crippen LogP contribution in [0.15, 0.2) is 16.8 Å². The van der Waals surface area contributed by atoms with Crippen molar-refractivity contribution in [3.05, 3.63) is 24.0 Å². The van der Waals surface area contributed by atoms with Crippen LogP contribution in [0.2, 0.25) is 0 Å². The molecule has 26 heavy (non-hydrogen) atoms. The van der Waals surface area contributed by atoms with Crippen LogP contribution >= 0.6 is 0 Å². The summed E-state index contributed by atoms with van der Waals surface area (Å²) < 4.78 is 5.68. The lowest BCUT2D eigenvalue weighted by Gasteiger charge is -2.48. The smallest absolute Gasteiger partial charge is 0.250 e. The van der Waals surface area contributed by atoms with Crippen molar-refractivity contribution in [1.82, 2.24) is 30.8 Å². The molecule has 3 aliphatic heterocycles. The van der Waals surface area contributed by atoms with Gasteiger partial charge in [0.05, 0.1) is 0 Å². The number of hydrogen-bond acceptors (Lipinski definition) is 7. The molecule has 3 unspecified atom stereocenters. The van der Waals surface area contributed by atoms with Crippen molar-refractivity contribution >= 4 is 0 Å². The van der Waals surface area contributed by atoms with Crippen LogP contribution in [0.3, 0.4) is 0 Å². The van der Waals surface area contributed by atoms with Crippen molar-refractivity contribution in [2.75, 3.05) is 33.2 Å². The normalized spacial score (nSPS) is 32.6. The summed E-state index contributed by atoms with van der Waals surface area (Å²) in [7, 11) is 2.18. The van der Waals surface area contributed by atoms with E-state index in [1.54, 1.807) is 0 Å². The lowest BCUT2D eigenvalue weighted by molar-refractivity contribution is 0.0232. The van der Waals surface area contributed by atoms with Crippen LogP contribution in [0.5, 0.6) is 0 Å². The number of hydrogen-bond donors (Lipinski definition) is 2. The second-order valence-corrected chi connectivity index (χ2v) is 8.83. The molecule has 4 heterocycles. The summed E-state index contributed by atoms with van der Waals surface area (Å²) in [6, 6.07) is 0.503. The van der Waals surface area contributed by atoms with E-state index in [-0.39, 0.29) is 6.04 Å². The maximum Gasteiger partial charge on any atom is 0.250 e. The number of hydrazine groups is 1. The Morgan fingerprint density at radius 1 is 1.31 bits per heavy atom. The van der Waals surface area contributed by atoms with E-state index in [0.717, 1.165) is 37.9 Å². The maximum absolute atomic E-state index is 5.68. The number of nitrogens with one attached hydrogen (secondary N) is 2. The highest BCUT2D eigenvalue weighted by Crippen LogP contribution is 2.44. The molecule has 142 valence electrons. The Hall–Kier alpha value is -1.44. The van der Waals surface area contributed by atoms with E-state index in [9.17, 15) is 0 Å². The minimum atomic E-state index is 0.0493. The zero-order valence-corrected chi connectivity index (χ0v) is 15.8. The minimum absolute atomic E-state index is 0.0493. The van der Waals surface area contributed by atoms with Gasteiger partial charge in [0.25, 0.3) is 5.89 Å². The van der Waals surface area contributed by atoms with E-state index >= 15 is 0 Å². The molecule has 4 aliphatic rings. The molecule has 0 bridgehead atoms. The van der Waals surface area contributed by atoms with Gasteiger partial charge < -0.3 is 19.7 Å². The first-order valence-electron chi connectivity index (χ1n) is 10.1. The molecule has 7 nitrogen and oxygen atoms in total. The van der Waals surface area contributed by atoms with Crippen LogP contribution in [-0.2, 0) is 0 Å². The van der Waals surface area contributed by atoms with E-state index in [0.29, 0.717) is 23.3 Å². The fourth-order valence-corrected chi connectivity index (χ4v) is 5.47. The van der Waals surface area contributed by atoms with Gasteiger partial charge in [0.1, 0.15) is 6.04 Å². The van der Waals surface area contributed by atoms with Gasteiger partial charge in [0.2, 0.25) is 0 Å². The highest BCUT2D eigenvalue weighted by molar-refractivity contribution is 5.16. The van der Waals surface area contributed by atoms with Crippen LogP contribution in [0.25, 0.3) is 0 Å². The van der Waals surface area contributed by atoms with Crippen LogP contribution in [0.1, 0.15) is 56.3 Å². The van der Waals surface area contributed by atoms with Gasteiger partial charge in [-0.3, -0.25) is 0 Å². The van der Waals surface area contributed by atoms with Crippen LogP contribution in [-0.4, -0.2) is 59.3 Å². The second-order valence-electron chi connectivity index (χ2n) is 8.83. The summed E-state index contributed by atoms with van der Waals surface area (Å²) >= 11 is 0. The zero-order chi connectivity index (χ0) is 17.7. The average Bonchev–Trinajstić information content (AvgIpc) is 3.36. The molecule has 0 radical (unpaired) electrons. The Bertz CT molecular complexity index is 675. The first-order chi connectivity index (χ1) is 12.6. The lowest BCUT2D eigenvalue weighted by atomic mass is 9.71.